The zero-order valence-corrected chi connectivity index (χ0v) is 13.0. The molecule has 5 unspecified atom stereocenters. The molecule has 1 aromatic rings. The van der Waals surface area contributed by atoms with Gasteiger partial charge in [-0.2, -0.15) is 0 Å². The van der Waals surface area contributed by atoms with E-state index in [1.165, 1.54) is 41.5 Å². The van der Waals surface area contributed by atoms with Crippen LogP contribution in [0.5, 0.6) is 0 Å². The first-order valence-electron chi connectivity index (χ1n) is 7.27. The maximum Gasteiger partial charge on any atom is 0.0302 e. The molecular weight excluding hydrogens is 306 g/mol. The van der Waals surface area contributed by atoms with Gasteiger partial charge in [-0.25, -0.2) is 0 Å². The topological polar surface area (TPSA) is 12.0 Å². The second kappa shape index (κ2) is 4.60. The summed E-state index contributed by atoms with van der Waals surface area (Å²) in [5.41, 5.74) is 0. The maximum atomic E-state index is 3.84. The third-order valence-electron chi connectivity index (χ3n) is 5.59. The third-order valence-corrected chi connectivity index (χ3v) is 7.29. The average molecular weight is 326 g/mol. The van der Waals surface area contributed by atoms with Gasteiger partial charge in [0.1, 0.15) is 0 Å². The van der Waals surface area contributed by atoms with Crippen LogP contribution in [0.25, 0.3) is 0 Å². The SMILES string of the molecule is Brc1csc(CNC2CC3CC2C2CCCC32)c1. The van der Waals surface area contributed by atoms with Gasteiger partial charge in [-0.3, -0.25) is 0 Å². The van der Waals surface area contributed by atoms with Crippen molar-refractivity contribution < 1.29 is 0 Å². The molecule has 2 bridgehead atoms. The van der Waals surface area contributed by atoms with Gasteiger partial charge in [0.2, 0.25) is 0 Å². The standard InChI is InChI=1S/C15H20BrNS/c16-10-6-11(18-8-10)7-17-15-5-9-4-14(15)13-3-1-2-12(9)13/h6,8-9,12-15,17H,1-5,7H2. The van der Waals surface area contributed by atoms with E-state index in [9.17, 15) is 0 Å². The van der Waals surface area contributed by atoms with Crippen molar-refractivity contribution in [1.29, 1.82) is 0 Å². The van der Waals surface area contributed by atoms with E-state index in [4.69, 9.17) is 0 Å². The van der Waals surface area contributed by atoms with Crippen LogP contribution < -0.4 is 5.32 Å². The fraction of sp³-hybridized carbons (Fsp3) is 0.733. The van der Waals surface area contributed by atoms with E-state index in [1.807, 2.05) is 11.3 Å². The van der Waals surface area contributed by atoms with E-state index < -0.39 is 0 Å². The minimum Gasteiger partial charge on any atom is -0.309 e. The lowest BCUT2D eigenvalue weighted by Gasteiger charge is -2.32. The van der Waals surface area contributed by atoms with E-state index in [1.54, 1.807) is 0 Å². The number of halogens is 1. The highest BCUT2D eigenvalue weighted by Gasteiger charge is 2.53. The van der Waals surface area contributed by atoms with E-state index >= 15 is 0 Å². The lowest BCUT2D eigenvalue weighted by atomic mass is 9.79. The van der Waals surface area contributed by atoms with Crippen LogP contribution in [0.2, 0.25) is 0 Å². The summed E-state index contributed by atoms with van der Waals surface area (Å²) >= 11 is 5.40. The summed E-state index contributed by atoms with van der Waals surface area (Å²) in [7, 11) is 0. The smallest absolute Gasteiger partial charge is 0.0302 e. The molecule has 0 amide bonds. The van der Waals surface area contributed by atoms with Gasteiger partial charge in [0.25, 0.3) is 0 Å². The molecule has 1 heterocycles. The van der Waals surface area contributed by atoms with Crippen molar-refractivity contribution in [3.63, 3.8) is 0 Å². The molecule has 0 saturated heterocycles. The number of rotatable bonds is 3. The molecule has 98 valence electrons. The molecule has 3 saturated carbocycles. The normalized spacial score (nSPS) is 41.5. The molecule has 0 spiro atoms. The molecule has 0 radical (unpaired) electrons. The van der Waals surface area contributed by atoms with Crippen molar-refractivity contribution in [1.82, 2.24) is 5.32 Å². The van der Waals surface area contributed by atoms with Crippen molar-refractivity contribution in [3.05, 3.63) is 20.8 Å². The Hall–Kier alpha value is 0.140. The largest absolute Gasteiger partial charge is 0.309 e. The van der Waals surface area contributed by atoms with Crippen LogP contribution in [-0.2, 0) is 6.54 Å². The van der Waals surface area contributed by atoms with E-state index in [2.05, 4.69) is 32.7 Å². The van der Waals surface area contributed by atoms with Gasteiger partial charge in [-0.1, -0.05) is 6.42 Å². The Morgan fingerprint density at radius 3 is 2.94 bits per heavy atom. The summed E-state index contributed by atoms with van der Waals surface area (Å²) in [6, 6.07) is 3.07. The van der Waals surface area contributed by atoms with Crippen LogP contribution in [-0.4, -0.2) is 6.04 Å². The summed E-state index contributed by atoms with van der Waals surface area (Å²) < 4.78 is 1.23. The van der Waals surface area contributed by atoms with Crippen molar-refractivity contribution in [2.75, 3.05) is 0 Å². The molecule has 1 nitrogen and oxygen atoms in total. The number of nitrogens with one attached hydrogen (secondary N) is 1. The highest BCUT2D eigenvalue weighted by Crippen LogP contribution is 2.58. The van der Waals surface area contributed by atoms with Crippen LogP contribution in [0.4, 0.5) is 0 Å². The van der Waals surface area contributed by atoms with Crippen molar-refractivity contribution in [3.8, 4) is 0 Å². The maximum absolute atomic E-state index is 3.84. The highest BCUT2D eigenvalue weighted by molar-refractivity contribution is 9.10. The first kappa shape index (κ1) is 11.9. The summed E-state index contributed by atoms with van der Waals surface area (Å²) in [4.78, 5) is 1.47. The Labute approximate surface area is 121 Å². The highest BCUT2D eigenvalue weighted by atomic mass is 79.9. The average Bonchev–Trinajstić information content (AvgIpc) is 3.08. The molecule has 5 atom stereocenters. The lowest BCUT2D eigenvalue weighted by molar-refractivity contribution is 0.208. The lowest BCUT2D eigenvalue weighted by Crippen LogP contribution is -2.38. The first-order valence-corrected chi connectivity index (χ1v) is 8.95. The summed E-state index contributed by atoms with van der Waals surface area (Å²) in [6.07, 6.45) is 7.55. The van der Waals surface area contributed by atoms with Gasteiger partial charge in [-0.05, 0) is 71.4 Å². The quantitative estimate of drug-likeness (QED) is 0.867. The number of fused-ring (bicyclic) bond motifs is 5. The van der Waals surface area contributed by atoms with Crippen LogP contribution in [0.3, 0.4) is 0 Å². The van der Waals surface area contributed by atoms with Crippen molar-refractivity contribution in [2.24, 2.45) is 23.7 Å². The summed E-state index contributed by atoms with van der Waals surface area (Å²) in [5.74, 6) is 4.27. The minimum atomic E-state index is 0.815. The predicted molar refractivity (Wildman–Crippen MR) is 79.7 cm³/mol. The van der Waals surface area contributed by atoms with Crippen LogP contribution in [0.15, 0.2) is 15.9 Å². The number of hydrogen-bond donors (Lipinski definition) is 1. The van der Waals surface area contributed by atoms with Gasteiger partial charge >= 0.3 is 0 Å². The zero-order valence-electron chi connectivity index (χ0n) is 10.6. The van der Waals surface area contributed by atoms with E-state index in [0.717, 1.165) is 36.3 Å². The van der Waals surface area contributed by atoms with Gasteiger partial charge < -0.3 is 5.32 Å². The van der Waals surface area contributed by atoms with Crippen LogP contribution in [0, 0.1) is 23.7 Å². The fourth-order valence-corrected chi connectivity index (χ4v) is 6.38. The second-order valence-electron chi connectivity index (χ2n) is 6.37. The monoisotopic (exact) mass is 325 g/mol. The molecule has 3 aliphatic carbocycles. The third kappa shape index (κ3) is 1.90. The minimum absolute atomic E-state index is 0.815. The molecule has 0 aliphatic heterocycles. The molecule has 4 rings (SSSR count). The molecule has 1 N–H and O–H groups in total. The van der Waals surface area contributed by atoms with Crippen LogP contribution >= 0.6 is 27.3 Å². The Balaban J connectivity index is 1.39. The molecule has 18 heavy (non-hydrogen) atoms. The Morgan fingerprint density at radius 2 is 2.11 bits per heavy atom. The van der Waals surface area contributed by atoms with Crippen molar-refractivity contribution >= 4 is 27.3 Å². The predicted octanol–water partition coefficient (Wildman–Crippen LogP) is 4.42. The van der Waals surface area contributed by atoms with Gasteiger partial charge in [0.05, 0.1) is 0 Å². The van der Waals surface area contributed by atoms with E-state index in [-0.39, 0.29) is 0 Å². The first-order chi connectivity index (χ1) is 8.81. The Bertz CT molecular complexity index is 443. The fourth-order valence-electron chi connectivity index (χ4n) is 4.98. The van der Waals surface area contributed by atoms with Crippen molar-refractivity contribution in [2.45, 2.75) is 44.7 Å². The Kier molecular flexibility index (Phi) is 3.05. The number of thiophene rings is 1. The van der Waals surface area contributed by atoms with Crippen LogP contribution in [0.1, 0.15) is 37.0 Å². The molecule has 3 heteroatoms. The second-order valence-corrected chi connectivity index (χ2v) is 8.28. The molecule has 3 aliphatic rings. The molecular formula is C15H20BrNS. The summed E-state index contributed by atoms with van der Waals surface area (Å²) in [6.45, 7) is 1.07. The summed E-state index contributed by atoms with van der Waals surface area (Å²) in [5, 5.41) is 6.03. The van der Waals surface area contributed by atoms with Gasteiger partial charge in [0.15, 0.2) is 0 Å². The number of hydrogen-bond acceptors (Lipinski definition) is 2. The van der Waals surface area contributed by atoms with E-state index in [0.29, 0.717) is 0 Å². The molecule has 3 fully saturated rings. The zero-order chi connectivity index (χ0) is 12.1. The Morgan fingerprint density at radius 1 is 1.22 bits per heavy atom. The van der Waals surface area contributed by atoms with Gasteiger partial charge in [-0.15, -0.1) is 11.3 Å². The molecule has 1 aromatic heterocycles. The molecule has 0 aromatic carbocycles. The van der Waals surface area contributed by atoms with Gasteiger partial charge in [0, 0.05) is 27.3 Å².